The minimum absolute atomic E-state index is 0.0146. The number of hydrogen-bond donors (Lipinski definition) is 1. The van der Waals surface area contributed by atoms with E-state index in [9.17, 15) is 28.0 Å². The molecule has 2 amide bonds. The molecule has 266 valence electrons. The number of nitrogens with zero attached hydrogens (tertiary/aromatic N) is 2. The number of fused-ring (bicyclic) bond motifs is 1. The Labute approximate surface area is 286 Å². The van der Waals surface area contributed by atoms with E-state index in [0.29, 0.717) is 5.92 Å². The largest absolute Gasteiger partial charge is 0.350 e. The maximum absolute atomic E-state index is 14.1. The van der Waals surface area contributed by atoms with Gasteiger partial charge in [0.15, 0.2) is 5.78 Å². The topological polar surface area (TPSA) is 90.6 Å². The van der Waals surface area contributed by atoms with Crippen molar-refractivity contribution in [3.8, 4) is 0 Å². The molecule has 0 bridgehead atoms. The van der Waals surface area contributed by atoms with E-state index in [1.54, 1.807) is 13.8 Å². The summed E-state index contributed by atoms with van der Waals surface area (Å²) in [4.78, 5) is 55.5. The van der Waals surface area contributed by atoms with Gasteiger partial charge in [-0.15, -0.1) is 0 Å². The summed E-state index contributed by atoms with van der Waals surface area (Å²) >= 11 is 0. The fraction of sp³-hybridized carbons (Fsp3) is 0.538. The van der Waals surface area contributed by atoms with E-state index in [2.05, 4.69) is 69.9 Å². The first-order chi connectivity index (χ1) is 22.5. The number of carbonyl (C=O) groups excluding carboxylic acids is 4. The lowest BCUT2D eigenvalue weighted by atomic mass is 9.95. The average molecular weight is 670 g/mol. The highest BCUT2D eigenvalue weighted by molar-refractivity contribution is 6.01. The molecule has 3 unspecified atom stereocenters. The Morgan fingerprint density at radius 3 is 2.02 bits per heavy atom. The molecule has 7 nitrogen and oxygen atoms in total. The lowest BCUT2D eigenvalue weighted by Gasteiger charge is -2.27. The van der Waals surface area contributed by atoms with Crippen molar-refractivity contribution < 1.29 is 28.0 Å². The van der Waals surface area contributed by atoms with E-state index < -0.39 is 35.4 Å². The second-order valence-corrected chi connectivity index (χ2v) is 13.2. The third-order valence-corrected chi connectivity index (χ3v) is 8.09. The van der Waals surface area contributed by atoms with Gasteiger partial charge < -0.3 is 14.8 Å². The fourth-order valence-corrected chi connectivity index (χ4v) is 5.12. The second-order valence-electron chi connectivity index (χ2n) is 13.2. The Balaban J connectivity index is 0.000000595. The molecule has 1 aromatic heterocycles. The lowest BCUT2D eigenvalue weighted by molar-refractivity contribution is -0.139. The van der Waals surface area contributed by atoms with Crippen LogP contribution in [0.25, 0.3) is 10.9 Å². The highest BCUT2D eigenvalue weighted by Crippen LogP contribution is 2.28. The number of aryl methyl sites for hydroxylation is 1. The van der Waals surface area contributed by atoms with Gasteiger partial charge in [0.25, 0.3) is 5.91 Å². The van der Waals surface area contributed by atoms with Crippen LogP contribution < -0.4 is 0 Å². The van der Waals surface area contributed by atoms with Gasteiger partial charge in [-0.05, 0) is 50.2 Å². The number of ketones is 2. The first-order valence-corrected chi connectivity index (χ1v) is 17.1. The van der Waals surface area contributed by atoms with Crippen molar-refractivity contribution in [3.05, 3.63) is 70.9 Å². The van der Waals surface area contributed by atoms with Gasteiger partial charge in [0.05, 0.1) is 18.1 Å². The molecule has 1 fully saturated rings. The Kier molecular flexibility index (Phi) is 17.4. The molecule has 0 spiro atoms. The minimum Gasteiger partial charge on any atom is -0.350 e. The van der Waals surface area contributed by atoms with E-state index in [4.69, 9.17) is 0 Å². The van der Waals surface area contributed by atoms with Crippen LogP contribution in [0.5, 0.6) is 0 Å². The Hall–Kier alpha value is -3.88. The maximum Gasteiger partial charge on any atom is 0.270 e. The van der Waals surface area contributed by atoms with Crippen molar-refractivity contribution >= 4 is 34.3 Å². The van der Waals surface area contributed by atoms with E-state index in [1.807, 2.05) is 13.8 Å². The van der Waals surface area contributed by atoms with Gasteiger partial charge >= 0.3 is 0 Å². The smallest absolute Gasteiger partial charge is 0.270 e. The van der Waals surface area contributed by atoms with Crippen molar-refractivity contribution in [2.24, 2.45) is 17.8 Å². The monoisotopic (exact) mass is 669 g/mol. The number of aromatic nitrogens is 1. The summed E-state index contributed by atoms with van der Waals surface area (Å²) in [5.41, 5.74) is 1.82. The van der Waals surface area contributed by atoms with Crippen molar-refractivity contribution in [3.63, 3.8) is 0 Å². The molecule has 48 heavy (non-hydrogen) atoms. The minimum atomic E-state index is -0.792. The summed E-state index contributed by atoms with van der Waals surface area (Å²) in [5.74, 6) is -1.94. The van der Waals surface area contributed by atoms with Crippen LogP contribution in [-0.4, -0.2) is 64.3 Å². The van der Waals surface area contributed by atoms with Crippen LogP contribution in [0.4, 0.5) is 8.78 Å². The van der Waals surface area contributed by atoms with Crippen LogP contribution >= 0.6 is 0 Å². The van der Waals surface area contributed by atoms with Crippen LogP contribution in [0.3, 0.4) is 0 Å². The van der Waals surface area contributed by atoms with Gasteiger partial charge in [0.2, 0.25) is 5.91 Å². The Morgan fingerprint density at radius 1 is 0.958 bits per heavy atom. The molecule has 3 atom stereocenters. The summed E-state index contributed by atoms with van der Waals surface area (Å²) in [6.45, 7) is 21.2. The zero-order valence-corrected chi connectivity index (χ0v) is 31.0. The van der Waals surface area contributed by atoms with Crippen LogP contribution in [-0.2, 0) is 14.4 Å². The number of aromatic amines is 1. The predicted molar refractivity (Wildman–Crippen MR) is 191 cm³/mol. The quantitative estimate of drug-likeness (QED) is 0.260. The van der Waals surface area contributed by atoms with Gasteiger partial charge in [-0.25, -0.2) is 8.78 Å². The third kappa shape index (κ3) is 11.7. The van der Waals surface area contributed by atoms with Crippen molar-refractivity contribution in [1.82, 2.24) is 14.8 Å². The van der Waals surface area contributed by atoms with Gasteiger partial charge in [-0.3, -0.25) is 19.2 Å². The molecule has 3 aromatic rings. The van der Waals surface area contributed by atoms with Crippen molar-refractivity contribution in [2.75, 3.05) is 20.1 Å². The molecule has 2 aromatic carbocycles. The number of Topliss-reactive ketones (excluding diaryl/α,β-unsaturated/α-hetero) is 2. The number of carbonyl (C=O) groups is 4. The predicted octanol–water partition coefficient (Wildman–Crippen LogP) is 8.75. The van der Waals surface area contributed by atoms with Gasteiger partial charge in [-0.1, -0.05) is 92.6 Å². The van der Waals surface area contributed by atoms with Crippen LogP contribution in [0.15, 0.2) is 42.5 Å². The number of amides is 2. The van der Waals surface area contributed by atoms with E-state index in [1.165, 1.54) is 43.8 Å². The number of likely N-dealkylation sites (tertiary alicyclic amines) is 1. The van der Waals surface area contributed by atoms with E-state index in [0.717, 1.165) is 16.9 Å². The molecule has 1 N–H and O–H groups in total. The fourth-order valence-electron chi connectivity index (χ4n) is 5.12. The molecule has 0 aliphatic carbocycles. The number of nitrogens with one attached hydrogen (secondary N) is 1. The lowest BCUT2D eigenvalue weighted by Crippen LogP contribution is -2.47. The molecular formula is C39H57F2N3O4. The standard InChI is InChI=1S/C23H27F2N3O4.C10H14.C4H10.C2H6/c1-11(2)22(31)19-6-14(13(4)29)9-28(19)20(30)10-27(5)23(32)18-7-15-17(25)8-16(24)12(3)21(15)26-18;1-3-9(2)10-7-5-4-6-8-10;1-4(2)3;1-2/h7-8,11,14,19,26H,6,9-10H2,1-5H3;4-9H,3H2,1-2H3;4H,1-3H3;1-2H3. The molecule has 0 saturated carbocycles. The SMILES string of the molecule is CC.CC(=O)C1CC(C(=O)C(C)C)N(C(=O)CN(C)C(=O)c2cc3c(F)cc(F)c(C)c3[nH]2)C1.CC(C)C.CCC(C)c1ccccc1. The number of H-pyrrole nitrogens is 1. The number of halogens is 2. The molecule has 1 aliphatic heterocycles. The van der Waals surface area contributed by atoms with Crippen LogP contribution in [0, 0.1) is 36.3 Å². The molecule has 2 heterocycles. The molecular weight excluding hydrogens is 612 g/mol. The second kappa shape index (κ2) is 19.8. The Morgan fingerprint density at radius 2 is 1.52 bits per heavy atom. The van der Waals surface area contributed by atoms with Gasteiger partial charge in [-0.2, -0.15) is 0 Å². The van der Waals surface area contributed by atoms with Crippen molar-refractivity contribution in [2.45, 2.75) is 101 Å². The summed E-state index contributed by atoms with van der Waals surface area (Å²) in [6, 6.07) is 12.0. The summed E-state index contributed by atoms with van der Waals surface area (Å²) in [7, 11) is 1.41. The molecule has 4 rings (SSSR count). The summed E-state index contributed by atoms with van der Waals surface area (Å²) < 4.78 is 27.9. The maximum atomic E-state index is 14.1. The first kappa shape index (κ1) is 42.1. The van der Waals surface area contributed by atoms with Gasteiger partial charge in [0, 0.05) is 42.4 Å². The van der Waals surface area contributed by atoms with E-state index in [-0.39, 0.29) is 59.2 Å². The Bertz CT molecular complexity index is 1500. The third-order valence-electron chi connectivity index (χ3n) is 8.09. The molecule has 9 heteroatoms. The first-order valence-electron chi connectivity index (χ1n) is 17.1. The van der Waals surface area contributed by atoms with Gasteiger partial charge in [0.1, 0.15) is 23.1 Å². The molecule has 1 aliphatic rings. The number of benzene rings is 2. The summed E-state index contributed by atoms with van der Waals surface area (Å²) in [6.07, 6.45) is 1.51. The van der Waals surface area contributed by atoms with Crippen molar-refractivity contribution in [1.29, 1.82) is 0 Å². The zero-order valence-electron chi connectivity index (χ0n) is 31.0. The highest BCUT2D eigenvalue weighted by Gasteiger charge is 2.42. The molecule has 1 saturated heterocycles. The number of hydrogen-bond acceptors (Lipinski definition) is 4. The average Bonchev–Trinajstić information content (AvgIpc) is 3.71. The number of rotatable bonds is 8. The van der Waals surface area contributed by atoms with Crippen LogP contribution in [0.1, 0.15) is 110 Å². The molecule has 0 radical (unpaired) electrons. The summed E-state index contributed by atoms with van der Waals surface area (Å²) in [5, 5.41) is 0.0819. The highest BCUT2D eigenvalue weighted by atomic mass is 19.1. The zero-order chi connectivity index (χ0) is 36.9. The van der Waals surface area contributed by atoms with Crippen LogP contribution in [0.2, 0.25) is 0 Å². The normalized spacial score (nSPS) is 15.9. The number of likely N-dealkylation sites (N-methyl/N-ethyl adjacent to an activating group) is 1. The van der Waals surface area contributed by atoms with E-state index >= 15 is 0 Å².